The third-order valence-electron chi connectivity index (χ3n) is 3.46. The maximum Gasteiger partial charge on any atom is 0.415 e. The molecule has 1 aromatic rings. The number of aliphatic hydroxyl groups is 1. The molecule has 0 fully saturated rings. The van der Waals surface area contributed by atoms with E-state index in [0.717, 1.165) is 5.56 Å². The molecule has 0 saturated heterocycles. The number of rotatable bonds is 2. The third kappa shape index (κ3) is 2.96. The second kappa shape index (κ2) is 5.89. The number of amides is 1. The Morgan fingerprint density at radius 3 is 2.79 bits per heavy atom. The second-order valence-electron chi connectivity index (χ2n) is 4.70. The maximum atomic E-state index is 12.1. The molecule has 1 N–H and O–H groups in total. The van der Waals surface area contributed by atoms with Crippen LogP contribution in [0.1, 0.15) is 25.0 Å². The van der Waals surface area contributed by atoms with E-state index in [1.54, 1.807) is 17.9 Å². The molecular formula is C15H19NO3. The molecule has 102 valence electrons. The highest BCUT2D eigenvalue weighted by atomic mass is 16.6. The Morgan fingerprint density at radius 2 is 2.16 bits per heavy atom. The van der Waals surface area contributed by atoms with Gasteiger partial charge in [0.15, 0.2) is 0 Å². The molecule has 0 saturated carbocycles. The van der Waals surface area contributed by atoms with Gasteiger partial charge in [-0.3, -0.25) is 4.90 Å². The number of carbonyl (C=O) groups is 1. The summed E-state index contributed by atoms with van der Waals surface area (Å²) in [5.41, 5.74) is 2.30. The summed E-state index contributed by atoms with van der Waals surface area (Å²) < 4.78 is 5.22. The number of ether oxygens (including phenoxy) is 1. The van der Waals surface area contributed by atoms with Crippen molar-refractivity contribution in [2.75, 3.05) is 6.61 Å². The van der Waals surface area contributed by atoms with E-state index in [-0.39, 0.29) is 12.6 Å². The Bertz CT molecular complexity index is 496. The van der Waals surface area contributed by atoms with Crippen LogP contribution in [0.3, 0.4) is 0 Å². The van der Waals surface area contributed by atoms with Crippen molar-refractivity contribution < 1.29 is 14.6 Å². The SMILES string of the molecule is C/C=C(/C)OC(=O)N1Cc2ccccc2C[C@H]1CO. The fourth-order valence-electron chi connectivity index (χ4n) is 2.22. The van der Waals surface area contributed by atoms with Gasteiger partial charge in [0.25, 0.3) is 0 Å². The van der Waals surface area contributed by atoms with Gasteiger partial charge >= 0.3 is 6.09 Å². The lowest BCUT2D eigenvalue weighted by molar-refractivity contribution is 0.0774. The Kier molecular flexibility index (Phi) is 4.22. The number of nitrogens with zero attached hydrogens (tertiary/aromatic N) is 1. The largest absolute Gasteiger partial charge is 0.415 e. The number of fused-ring (bicyclic) bond motifs is 1. The summed E-state index contributed by atoms with van der Waals surface area (Å²) in [7, 11) is 0. The summed E-state index contributed by atoms with van der Waals surface area (Å²) in [4.78, 5) is 13.7. The average Bonchev–Trinajstić information content (AvgIpc) is 2.45. The van der Waals surface area contributed by atoms with Gasteiger partial charge in [0.1, 0.15) is 5.76 Å². The molecule has 0 spiro atoms. The molecule has 0 radical (unpaired) electrons. The van der Waals surface area contributed by atoms with E-state index in [0.29, 0.717) is 18.7 Å². The molecule has 1 heterocycles. The Balaban J connectivity index is 2.19. The van der Waals surface area contributed by atoms with Crippen molar-refractivity contribution >= 4 is 6.09 Å². The van der Waals surface area contributed by atoms with E-state index in [1.165, 1.54) is 5.56 Å². The molecule has 0 unspecified atom stereocenters. The molecule has 19 heavy (non-hydrogen) atoms. The van der Waals surface area contributed by atoms with Gasteiger partial charge in [0.05, 0.1) is 12.6 Å². The minimum atomic E-state index is -0.399. The minimum absolute atomic E-state index is 0.0572. The number of benzene rings is 1. The highest BCUT2D eigenvalue weighted by molar-refractivity contribution is 5.70. The highest BCUT2D eigenvalue weighted by Crippen LogP contribution is 2.24. The third-order valence-corrected chi connectivity index (χ3v) is 3.46. The molecule has 1 aromatic carbocycles. The van der Waals surface area contributed by atoms with Gasteiger partial charge < -0.3 is 9.84 Å². The molecule has 4 nitrogen and oxygen atoms in total. The van der Waals surface area contributed by atoms with Gasteiger partial charge in [-0.05, 0) is 37.5 Å². The normalized spacial score (nSPS) is 19.0. The predicted molar refractivity (Wildman–Crippen MR) is 72.5 cm³/mol. The van der Waals surface area contributed by atoms with Gasteiger partial charge in [0.2, 0.25) is 0 Å². The van der Waals surface area contributed by atoms with Crippen LogP contribution in [0.25, 0.3) is 0 Å². The smallest absolute Gasteiger partial charge is 0.415 e. The first-order valence-corrected chi connectivity index (χ1v) is 6.44. The van der Waals surface area contributed by atoms with Crippen molar-refractivity contribution in [2.45, 2.75) is 32.9 Å². The van der Waals surface area contributed by atoms with Gasteiger partial charge in [-0.25, -0.2) is 4.79 Å². The molecule has 0 bridgehead atoms. The first kappa shape index (κ1) is 13.6. The van der Waals surface area contributed by atoms with E-state index in [2.05, 4.69) is 0 Å². The van der Waals surface area contributed by atoms with Gasteiger partial charge in [0, 0.05) is 6.54 Å². The zero-order chi connectivity index (χ0) is 13.8. The van der Waals surface area contributed by atoms with Crippen molar-refractivity contribution in [1.82, 2.24) is 4.90 Å². The summed E-state index contributed by atoms with van der Waals surface area (Å²) in [6, 6.07) is 7.76. The maximum absolute atomic E-state index is 12.1. The Labute approximate surface area is 113 Å². The van der Waals surface area contributed by atoms with Crippen molar-refractivity contribution in [3.05, 3.63) is 47.2 Å². The van der Waals surface area contributed by atoms with Crippen molar-refractivity contribution in [2.24, 2.45) is 0 Å². The van der Waals surface area contributed by atoms with Crippen LogP contribution in [0.4, 0.5) is 4.79 Å². The summed E-state index contributed by atoms with van der Waals surface area (Å²) in [5, 5.41) is 9.46. The van der Waals surface area contributed by atoms with E-state index in [9.17, 15) is 9.90 Å². The molecule has 1 aliphatic rings. The average molecular weight is 261 g/mol. The van der Waals surface area contributed by atoms with Crippen molar-refractivity contribution in [3.8, 4) is 0 Å². The Morgan fingerprint density at radius 1 is 1.47 bits per heavy atom. The highest BCUT2D eigenvalue weighted by Gasteiger charge is 2.30. The van der Waals surface area contributed by atoms with E-state index >= 15 is 0 Å². The number of hydrogen-bond acceptors (Lipinski definition) is 3. The molecule has 0 aliphatic carbocycles. The lowest BCUT2D eigenvalue weighted by atomic mass is 9.95. The number of carbonyl (C=O) groups excluding carboxylic acids is 1. The Hall–Kier alpha value is -1.81. The molecule has 0 aromatic heterocycles. The van der Waals surface area contributed by atoms with Crippen molar-refractivity contribution in [3.63, 3.8) is 0 Å². The predicted octanol–water partition coefficient (Wildman–Crippen LogP) is 2.47. The van der Waals surface area contributed by atoms with Crippen LogP contribution in [0.5, 0.6) is 0 Å². The summed E-state index contributed by atoms with van der Waals surface area (Å²) >= 11 is 0. The topological polar surface area (TPSA) is 49.8 Å². The minimum Gasteiger partial charge on any atom is -0.415 e. The molecule has 1 aliphatic heterocycles. The van der Waals surface area contributed by atoms with Crippen LogP contribution in [-0.2, 0) is 17.7 Å². The molecule has 1 atom stereocenters. The fraction of sp³-hybridized carbons (Fsp3) is 0.400. The number of allylic oxidation sites excluding steroid dienone is 2. The molecule has 4 heteroatoms. The van der Waals surface area contributed by atoms with Crippen LogP contribution < -0.4 is 0 Å². The molecular weight excluding hydrogens is 242 g/mol. The van der Waals surface area contributed by atoms with Crippen LogP contribution >= 0.6 is 0 Å². The van der Waals surface area contributed by atoms with E-state index in [1.807, 2.05) is 31.2 Å². The van der Waals surface area contributed by atoms with E-state index in [4.69, 9.17) is 4.74 Å². The second-order valence-corrected chi connectivity index (χ2v) is 4.70. The number of hydrogen-bond donors (Lipinski definition) is 1. The van der Waals surface area contributed by atoms with Crippen LogP contribution in [-0.4, -0.2) is 28.7 Å². The first-order valence-electron chi connectivity index (χ1n) is 6.44. The van der Waals surface area contributed by atoms with E-state index < -0.39 is 6.09 Å². The summed E-state index contributed by atoms with van der Waals surface area (Å²) in [6.45, 7) is 3.98. The lowest BCUT2D eigenvalue weighted by Gasteiger charge is -2.35. The van der Waals surface area contributed by atoms with Crippen LogP contribution in [0.15, 0.2) is 36.1 Å². The zero-order valence-corrected chi connectivity index (χ0v) is 11.3. The number of aliphatic hydroxyl groups excluding tert-OH is 1. The van der Waals surface area contributed by atoms with Gasteiger partial charge in [-0.15, -0.1) is 0 Å². The fourth-order valence-corrected chi connectivity index (χ4v) is 2.22. The van der Waals surface area contributed by atoms with Crippen molar-refractivity contribution in [1.29, 1.82) is 0 Å². The lowest BCUT2D eigenvalue weighted by Crippen LogP contribution is -2.46. The monoisotopic (exact) mass is 261 g/mol. The van der Waals surface area contributed by atoms with Gasteiger partial charge in [-0.2, -0.15) is 0 Å². The summed E-state index contributed by atoms with van der Waals surface area (Å²) in [6.07, 6.45) is 2.00. The zero-order valence-electron chi connectivity index (χ0n) is 11.3. The summed E-state index contributed by atoms with van der Waals surface area (Å²) in [5.74, 6) is 0.570. The molecule has 1 amide bonds. The molecule has 2 rings (SSSR count). The van der Waals surface area contributed by atoms with Crippen LogP contribution in [0.2, 0.25) is 0 Å². The quantitative estimate of drug-likeness (QED) is 0.832. The van der Waals surface area contributed by atoms with Crippen LogP contribution in [0, 0.1) is 0 Å². The first-order chi connectivity index (χ1) is 9.15. The standard InChI is InChI=1S/C15H19NO3/c1-3-11(2)19-15(18)16-9-13-7-5-4-6-12(13)8-14(16)10-17/h3-7,14,17H,8-10H2,1-2H3/b11-3-/t14-/m0/s1. The van der Waals surface area contributed by atoms with Gasteiger partial charge in [-0.1, -0.05) is 24.3 Å².